The first-order valence-electron chi connectivity index (χ1n) is 6.32. The Kier molecular flexibility index (Phi) is 4.80. The zero-order chi connectivity index (χ0) is 12.1. The quantitative estimate of drug-likeness (QED) is 0.892. The third kappa shape index (κ3) is 3.96. The van der Waals surface area contributed by atoms with Gasteiger partial charge in [-0.2, -0.15) is 11.8 Å². The maximum absolute atomic E-state index is 4.42. The molecule has 0 amide bonds. The first-order valence-corrected chi connectivity index (χ1v) is 7.61. The number of hydrogen-bond acceptors (Lipinski definition) is 4. The van der Waals surface area contributed by atoms with Crippen molar-refractivity contribution in [1.82, 2.24) is 15.3 Å². The van der Waals surface area contributed by atoms with Gasteiger partial charge in [-0.15, -0.1) is 0 Å². The second-order valence-electron chi connectivity index (χ2n) is 4.70. The first-order chi connectivity index (χ1) is 8.28. The molecule has 0 spiro atoms. The highest BCUT2D eigenvalue weighted by Crippen LogP contribution is 2.26. The summed E-state index contributed by atoms with van der Waals surface area (Å²) < 4.78 is 0. The molecule has 1 saturated carbocycles. The maximum atomic E-state index is 4.42. The van der Waals surface area contributed by atoms with Crippen molar-refractivity contribution in [1.29, 1.82) is 0 Å². The summed E-state index contributed by atoms with van der Waals surface area (Å²) in [6, 6.07) is 2.66. The Hall–Kier alpha value is -0.610. The van der Waals surface area contributed by atoms with E-state index in [9.17, 15) is 0 Å². The van der Waals surface area contributed by atoms with Crippen molar-refractivity contribution < 1.29 is 0 Å². The van der Waals surface area contributed by atoms with Gasteiger partial charge in [-0.25, -0.2) is 9.97 Å². The van der Waals surface area contributed by atoms with Crippen LogP contribution in [0.15, 0.2) is 12.3 Å². The molecule has 17 heavy (non-hydrogen) atoms. The number of hydrogen-bond donors (Lipinski definition) is 1. The van der Waals surface area contributed by atoms with E-state index in [1.165, 1.54) is 25.7 Å². The van der Waals surface area contributed by atoms with Crippen molar-refractivity contribution in [3.05, 3.63) is 23.8 Å². The largest absolute Gasteiger partial charge is 0.308 e. The van der Waals surface area contributed by atoms with Gasteiger partial charge in [-0.1, -0.05) is 6.42 Å². The summed E-state index contributed by atoms with van der Waals surface area (Å²) in [5.41, 5.74) is 1.10. The molecule has 4 heteroatoms. The first kappa shape index (κ1) is 12.8. The predicted octanol–water partition coefficient (Wildman–Crippen LogP) is 2.55. The highest BCUT2D eigenvalue weighted by molar-refractivity contribution is 7.99. The van der Waals surface area contributed by atoms with E-state index in [-0.39, 0.29) is 0 Å². The van der Waals surface area contributed by atoms with Crippen LogP contribution < -0.4 is 5.32 Å². The monoisotopic (exact) mass is 251 g/mol. The summed E-state index contributed by atoms with van der Waals surface area (Å²) in [7, 11) is 0. The Labute approximate surface area is 108 Å². The molecule has 0 radical (unpaired) electrons. The Morgan fingerprint density at radius 2 is 2.35 bits per heavy atom. The van der Waals surface area contributed by atoms with E-state index in [4.69, 9.17) is 0 Å². The SMILES string of the molecule is CSC1CCCC(NCc2ccnc(C)n2)C1. The molecule has 2 rings (SSSR count). The molecule has 1 fully saturated rings. The third-order valence-corrected chi connectivity index (χ3v) is 4.46. The van der Waals surface area contributed by atoms with Crippen LogP contribution in [-0.4, -0.2) is 27.5 Å². The van der Waals surface area contributed by atoms with Crippen LogP contribution in [0.3, 0.4) is 0 Å². The molecule has 2 atom stereocenters. The summed E-state index contributed by atoms with van der Waals surface area (Å²) in [6.07, 6.45) is 9.40. The van der Waals surface area contributed by atoms with Gasteiger partial charge in [0.15, 0.2) is 0 Å². The second-order valence-corrected chi connectivity index (χ2v) is 5.84. The maximum Gasteiger partial charge on any atom is 0.125 e. The van der Waals surface area contributed by atoms with E-state index in [1.807, 2.05) is 30.9 Å². The highest BCUT2D eigenvalue weighted by atomic mass is 32.2. The molecular formula is C13H21N3S. The number of aryl methyl sites for hydroxylation is 1. The summed E-state index contributed by atoms with van der Waals surface area (Å²) in [4.78, 5) is 8.54. The molecule has 1 aromatic rings. The van der Waals surface area contributed by atoms with Crippen LogP contribution in [0.1, 0.15) is 37.2 Å². The smallest absolute Gasteiger partial charge is 0.125 e. The molecule has 94 valence electrons. The standard InChI is InChI=1S/C13H21N3S/c1-10-14-7-6-12(16-10)9-15-11-4-3-5-13(8-11)17-2/h6-7,11,13,15H,3-5,8-9H2,1-2H3. The average molecular weight is 251 g/mol. The number of thioether (sulfide) groups is 1. The molecule has 1 heterocycles. The van der Waals surface area contributed by atoms with Crippen LogP contribution >= 0.6 is 11.8 Å². The van der Waals surface area contributed by atoms with Gasteiger partial charge in [0.25, 0.3) is 0 Å². The van der Waals surface area contributed by atoms with Crippen molar-refractivity contribution in [2.24, 2.45) is 0 Å². The van der Waals surface area contributed by atoms with Crippen molar-refractivity contribution >= 4 is 11.8 Å². The van der Waals surface area contributed by atoms with E-state index in [0.29, 0.717) is 6.04 Å². The van der Waals surface area contributed by atoms with E-state index in [0.717, 1.165) is 23.3 Å². The Bertz CT molecular complexity index is 356. The fourth-order valence-electron chi connectivity index (χ4n) is 2.40. The van der Waals surface area contributed by atoms with Gasteiger partial charge in [-0.05, 0) is 38.5 Å². The molecule has 2 unspecified atom stereocenters. The van der Waals surface area contributed by atoms with Gasteiger partial charge in [0.1, 0.15) is 5.82 Å². The molecule has 1 aliphatic rings. The van der Waals surface area contributed by atoms with Crippen LogP contribution in [0.25, 0.3) is 0 Å². The second kappa shape index (κ2) is 6.36. The number of rotatable bonds is 4. The van der Waals surface area contributed by atoms with Gasteiger partial charge in [0, 0.05) is 24.0 Å². The van der Waals surface area contributed by atoms with Crippen molar-refractivity contribution in [2.45, 2.75) is 50.4 Å². The molecule has 1 aromatic heterocycles. The fraction of sp³-hybridized carbons (Fsp3) is 0.692. The highest BCUT2D eigenvalue weighted by Gasteiger charge is 2.20. The number of aromatic nitrogens is 2. The molecular weight excluding hydrogens is 230 g/mol. The molecule has 1 N–H and O–H groups in total. The molecule has 3 nitrogen and oxygen atoms in total. The lowest BCUT2D eigenvalue weighted by atomic mass is 9.95. The minimum Gasteiger partial charge on any atom is -0.308 e. The fourth-order valence-corrected chi connectivity index (χ4v) is 3.22. The molecule has 0 saturated heterocycles. The minimum absolute atomic E-state index is 0.663. The average Bonchev–Trinajstić information content (AvgIpc) is 2.37. The minimum atomic E-state index is 0.663. The van der Waals surface area contributed by atoms with Gasteiger partial charge in [0.2, 0.25) is 0 Å². The number of nitrogens with one attached hydrogen (secondary N) is 1. The lowest BCUT2D eigenvalue weighted by molar-refractivity contribution is 0.378. The summed E-state index contributed by atoms with van der Waals surface area (Å²) in [5, 5.41) is 4.47. The Morgan fingerprint density at radius 3 is 3.12 bits per heavy atom. The van der Waals surface area contributed by atoms with Crippen LogP contribution in [-0.2, 0) is 6.54 Å². The van der Waals surface area contributed by atoms with Crippen LogP contribution in [0.5, 0.6) is 0 Å². The molecule has 1 aliphatic carbocycles. The summed E-state index contributed by atoms with van der Waals surface area (Å²) in [6.45, 7) is 2.81. The van der Waals surface area contributed by atoms with E-state index < -0.39 is 0 Å². The van der Waals surface area contributed by atoms with Gasteiger partial charge in [0.05, 0.1) is 5.69 Å². The summed E-state index contributed by atoms with van der Waals surface area (Å²) >= 11 is 2.01. The normalized spacial score (nSPS) is 24.8. The van der Waals surface area contributed by atoms with Crippen molar-refractivity contribution in [2.75, 3.05) is 6.26 Å². The van der Waals surface area contributed by atoms with Crippen LogP contribution in [0, 0.1) is 6.92 Å². The molecule has 0 aromatic carbocycles. The van der Waals surface area contributed by atoms with E-state index >= 15 is 0 Å². The Balaban J connectivity index is 1.81. The van der Waals surface area contributed by atoms with Crippen LogP contribution in [0.4, 0.5) is 0 Å². The van der Waals surface area contributed by atoms with Crippen molar-refractivity contribution in [3.63, 3.8) is 0 Å². The van der Waals surface area contributed by atoms with Crippen LogP contribution in [0.2, 0.25) is 0 Å². The van der Waals surface area contributed by atoms with Crippen molar-refractivity contribution in [3.8, 4) is 0 Å². The Morgan fingerprint density at radius 1 is 1.47 bits per heavy atom. The van der Waals surface area contributed by atoms with Gasteiger partial charge < -0.3 is 5.32 Å². The van der Waals surface area contributed by atoms with Gasteiger partial charge in [-0.3, -0.25) is 0 Å². The number of nitrogens with zero attached hydrogens (tertiary/aromatic N) is 2. The predicted molar refractivity (Wildman–Crippen MR) is 73.2 cm³/mol. The van der Waals surface area contributed by atoms with Gasteiger partial charge >= 0.3 is 0 Å². The topological polar surface area (TPSA) is 37.8 Å². The van der Waals surface area contributed by atoms with E-state index in [1.54, 1.807) is 0 Å². The lowest BCUT2D eigenvalue weighted by Gasteiger charge is -2.28. The molecule has 0 aliphatic heterocycles. The summed E-state index contributed by atoms with van der Waals surface area (Å²) in [5.74, 6) is 0.856. The third-order valence-electron chi connectivity index (χ3n) is 3.36. The zero-order valence-corrected chi connectivity index (χ0v) is 11.5. The lowest BCUT2D eigenvalue weighted by Crippen LogP contribution is -2.34. The van der Waals surface area contributed by atoms with E-state index in [2.05, 4.69) is 21.5 Å². The zero-order valence-electron chi connectivity index (χ0n) is 10.6. The molecule has 0 bridgehead atoms.